The number of amides is 2. The first-order valence-corrected chi connectivity index (χ1v) is 7.50. The van der Waals surface area contributed by atoms with Gasteiger partial charge >= 0.3 is 5.97 Å². The summed E-state index contributed by atoms with van der Waals surface area (Å²) >= 11 is 0. The number of carboxylic acid groups (broad SMARTS) is 1. The standard InChI is InChI=1S/C15H26N2O4/c1-15(2,3)14(21)16-8-7-12(18)17-11-6-4-5-10(9-11)13(19)20/h10-11H,4-9H2,1-3H3,(H,16,21)(H,17,18)(H,19,20). The van der Waals surface area contributed by atoms with Crippen molar-refractivity contribution in [2.75, 3.05) is 6.54 Å². The van der Waals surface area contributed by atoms with Crippen molar-refractivity contribution < 1.29 is 19.5 Å². The second kappa shape index (κ2) is 7.43. The van der Waals surface area contributed by atoms with E-state index in [-0.39, 0.29) is 30.2 Å². The Labute approximate surface area is 125 Å². The SMILES string of the molecule is CC(C)(C)C(=O)NCCC(=O)NC1CCCC(C(=O)O)C1. The minimum absolute atomic E-state index is 0.0642. The first-order valence-electron chi connectivity index (χ1n) is 7.50. The van der Waals surface area contributed by atoms with Gasteiger partial charge in [-0.1, -0.05) is 27.2 Å². The second-order valence-corrected chi connectivity index (χ2v) is 6.72. The van der Waals surface area contributed by atoms with Crippen LogP contribution in [0.4, 0.5) is 0 Å². The molecular formula is C15H26N2O4. The zero-order valence-corrected chi connectivity index (χ0v) is 13.1. The zero-order chi connectivity index (χ0) is 16.0. The maximum absolute atomic E-state index is 11.8. The fraction of sp³-hybridized carbons (Fsp3) is 0.800. The summed E-state index contributed by atoms with van der Waals surface area (Å²) in [6, 6.07) is -0.0642. The fourth-order valence-corrected chi connectivity index (χ4v) is 2.40. The van der Waals surface area contributed by atoms with Gasteiger partial charge < -0.3 is 15.7 Å². The molecule has 0 aromatic carbocycles. The number of rotatable bonds is 5. The zero-order valence-electron chi connectivity index (χ0n) is 13.1. The number of carboxylic acids is 1. The first kappa shape index (κ1) is 17.5. The molecule has 0 aromatic rings. The molecule has 0 heterocycles. The topological polar surface area (TPSA) is 95.5 Å². The Morgan fingerprint density at radius 3 is 2.43 bits per heavy atom. The summed E-state index contributed by atoms with van der Waals surface area (Å²) in [5, 5.41) is 14.6. The number of carbonyl (C=O) groups excluding carboxylic acids is 2. The Balaban J connectivity index is 2.28. The predicted molar refractivity (Wildman–Crippen MR) is 78.6 cm³/mol. The molecule has 6 nitrogen and oxygen atoms in total. The van der Waals surface area contributed by atoms with Crippen molar-refractivity contribution in [1.82, 2.24) is 10.6 Å². The van der Waals surface area contributed by atoms with Gasteiger partial charge in [-0.3, -0.25) is 14.4 Å². The monoisotopic (exact) mass is 298 g/mol. The summed E-state index contributed by atoms with van der Waals surface area (Å²) < 4.78 is 0. The van der Waals surface area contributed by atoms with Gasteiger partial charge in [-0.05, 0) is 19.3 Å². The molecule has 3 N–H and O–H groups in total. The lowest BCUT2D eigenvalue weighted by atomic mass is 9.86. The average Bonchev–Trinajstić information content (AvgIpc) is 2.37. The molecule has 21 heavy (non-hydrogen) atoms. The summed E-state index contributed by atoms with van der Waals surface area (Å²) in [5.41, 5.74) is -0.464. The Bertz CT molecular complexity index is 401. The lowest BCUT2D eigenvalue weighted by Gasteiger charge is -2.27. The van der Waals surface area contributed by atoms with Crippen molar-refractivity contribution in [2.45, 2.75) is 58.9 Å². The number of carbonyl (C=O) groups is 3. The van der Waals surface area contributed by atoms with Crippen LogP contribution in [0.15, 0.2) is 0 Å². The van der Waals surface area contributed by atoms with Crippen molar-refractivity contribution >= 4 is 17.8 Å². The van der Waals surface area contributed by atoms with Gasteiger partial charge in [-0.25, -0.2) is 0 Å². The smallest absolute Gasteiger partial charge is 0.306 e. The van der Waals surface area contributed by atoms with Gasteiger partial charge in [-0.15, -0.1) is 0 Å². The van der Waals surface area contributed by atoms with Crippen LogP contribution in [-0.4, -0.2) is 35.5 Å². The van der Waals surface area contributed by atoms with Gasteiger partial charge in [0.25, 0.3) is 0 Å². The quantitative estimate of drug-likeness (QED) is 0.713. The largest absolute Gasteiger partial charge is 0.481 e. The van der Waals surface area contributed by atoms with E-state index in [9.17, 15) is 14.4 Å². The highest BCUT2D eigenvalue weighted by molar-refractivity contribution is 5.82. The molecule has 6 heteroatoms. The van der Waals surface area contributed by atoms with E-state index in [1.54, 1.807) is 0 Å². The Hall–Kier alpha value is -1.59. The van der Waals surface area contributed by atoms with E-state index in [0.29, 0.717) is 19.4 Å². The maximum Gasteiger partial charge on any atom is 0.306 e. The van der Waals surface area contributed by atoms with Crippen LogP contribution >= 0.6 is 0 Å². The third kappa shape index (κ3) is 6.14. The van der Waals surface area contributed by atoms with Crippen LogP contribution in [0.5, 0.6) is 0 Å². The highest BCUT2D eigenvalue weighted by Crippen LogP contribution is 2.24. The molecule has 1 saturated carbocycles. The molecule has 2 unspecified atom stereocenters. The summed E-state index contributed by atoms with van der Waals surface area (Å²) in [4.78, 5) is 34.4. The normalized spacial score (nSPS) is 22.4. The van der Waals surface area contributed by atoms with E-state index in [2.05, 4.69) is 10.6 Å². The van der Waals surface area contributed by atoms with Gasteiger partial charge in [0.05, 0.1) is 5.92 Å². The second-order valence-electron chi connectivity index (χ2n) is 6.72. The lowest BCUT2D eigenvalue weighted by Crippen LogP contribution is -2.42. The molecule has 1 aliphatic carbocycles. The van der Waals surface area contributed by atoms with Crippen LogP contribution in [-0.2, 0) is 14.4 Å². The number of hydrogen-bond acceptors (Lipinski definition) is 3. The molecule has 1 aliphatic rings. The van der Waals surface area contributed by atoms with Gasteiger partial charge in [0.1, 0.15) is 0 Å². The van der Waals surface area contributed by atoms with Gasteiger partial charge in [0.15, 0.2) is 0 Å². The molecule has 2 amide bonds. The molecule has 0 radical (unpaired) electrons. The van der Waals surface area contributed by atoms with Crippen molar-refractivity contribution in [2.24, 2.45) is 11.3 Å². The molecular weight excluding hydrogens is 272 g/mol. The van der Waals surface area contributed by atoms with Crippen molar-refractivity contribution in [3.05, 3.63) is 0 Å². The molecule has 0 aliphatic heterocycles. The number of aliphatic carboxylic acids is 1. The van der Waals surface area contributed by atoms with Crippen LogP contribution in [0.3, 0.4) is 0 Å². The molecule has 2 atom stereocenters. The molecule has 0 spiro atoms. The van der Waals surface area contributed by atoms with Gasteiger partial charge in [0.2, 0.25) is 11.8 Å². The highest BCUT2D eigenvalue weighted by atomic mass is 16.4. The van der Waals surface area contributed by atoms with Crippen LogP contribution in [0.25, 0.3) is 0 Å². The average molecular weight is 298 g/mol. The number of hydrogen-bond donors (Lipinski definition) is 3. The minimum Gasteiger partial charge on any atom is -0.481 e. The predicted octanol–water partition coefficient (Wildman–Crippen LogP) is 1.30. The molecule has 0 saturated heterocycles. The maximum atomic E-state index is 11.8. The molecule has 0 bridgehead atoms. The fourth-order valence-electron chi connectivity index (χ4n) is 2.40. The van der Waals surface area contributed by atoms with Crippen LogP contribution in [0.2, 0.25) is 0 Å². The van der Waals surface area contributed by atoms with E-state index in [1.807, 2.05) is 20.8 Å². The first-order chi connectivity index (χ1) is 9.70. The van der Waals surface area contributed by atoms with E-state index in [1.165, 1.54) is 0 Å². The Morgan fingerprint density at radius 1 is 1.19 bits per heavy atom. The molecule has 1 fully saturated rings. The molecule has 0 aromatic heterocycles. The number of nitrogens with one attached hydrogen (secondary N) is 2. The Kier molecular flexibility index (Phi) is 6.18. The summed E-state index contributed by atoms with van der Waals surface area (Å²) in [5.74, 6) is -1.37. The summed E-state index contributed by atoms with van der Waals surface area (Å²) in [7, 11) is 0. The van der Waals surface area contributed by atoms with Crippen LogP contribution in [0, 0.1) is 11.3 Å². The third-order valence-electron chi connectivity index (χ3n) is 3.71. The van der Waals surface area contributed by atoms with Gasteiger partial charge in [-0.2, -0.15) is 0 Å². The van der Waals surface area contributed by atoms with Crippen molar-refractivity contribution in [3.63, 3.8) is 0 Å². The highest BCUT2D eigenvalue weighted by Gasteiger charge is 2.27. The summed E-state index contributed by atoms with van der Waals surface area (Å²) in [6.07, 6.45) is 3.04. The van der Waals surface area contributed by atoms with Crippen molar-refractivity contribution in [1.29, 1.82) is 0 Å². The van der Waals surface area contributed by atoms with E-state index < -0.39 is 11.4 Å². The summed E-state index contributed by atoms with van der Waals surface area (Å²) in [6.45, 7) is 5.75. The molecule has 1 rings (SSSR count). The third-order valence-corrected chi connectivity index (χ3v) is 3.71. The van der Waals surface area contributed by atoms with Crippen molar-refractivity contribution in [3.8, 4) is 0 Å². The minimum atomic E-state index is -0.786. The lowest BCUT2D eigenvalue weighted by molar-refractivity contribution is -0.143. The Morgan fingerprint density at radius 2 is 1.86 bits per heavy atom. The van der Waals surface area contributed by atoms with E-state index in [4.69, 9.17) is 5.11 Å². The van der Waals surface area contributed by atoms with Crippen LogP contribution < -0.4 is 10.6 Å². The van der Waals surface area contributed by atoms with Gasteiger partial charge in [0, 0.05) is 24.4 Å². The van der Waals surface area contributed by atoms with E-state index >= 15 is 0 Å². The van der Waals surface area contributed by atoms with Crippen LogP contribution in [0.1, 0.15) is 52.9 Å². The molecule has 120 valence electrons. The van der Waals surface area contributed by atoms with E-state index in [0.717, 1.165) is 12.8 Å².